The van der Waals surface area contributed by atoms with Crippen LogP contribution < -0.4 is 4.72 Å². The average Bonchev–Trinajstić information content (AvgIpc) is 3.52. The summed E-state index contributed by atoms with van der Waals surface area (Å²) >= 11 is 0. The predicted octanol–water partition coefficient (Wildman–Crippen LogP) is 4.32. The van der Waals surface area contributed by atoms with Crippen molar-refractivity contribution < 1.29 is 28.2 Å². The van der Waals surface area contributed by atoms with Gasteiger partial charge >= 0.3 is 16.3 Å². The molecule has 0 spiro atoms. The number of aliphatic hydroxyl groups is 2. The molecule has 0 aromatic heterocycles. The minimum atomic E-state index is -3.84. The molecule has 11 atom stereocenters. The van der Waals surface area contributed by atoms with E-state index < -0.39 is 16.3 Å². The van der Waals surface area contributed by atoms with Crippen molar-refractivity contribution in [1.82, 2.24) is 9.03 Å². The molecule has 1 aliphatic heterocycles. The number of nitrogens with one attached hydrogen (secondary N) is 1. The number of nitrogens with zero attached hydrogens (tertiary/aromatic N) is 1. The molecule has 0 aromatic rings. The van der Waals surface area contributed by atoms with Gasteiger partial charge in [-0.15, -0.1) is 0 Å². The van der Waals surface area contributed by atoms with Crippen LogP contribution in [0.2, 0.25) is 0 Å². The van der Waals surface area contributed by atoms with Crippen LogP contribution in [0.5, 0.6) is 0 Å². The van der Waals surface area contributed by atoms with Crippen molar-refractivity contribution in [2.45, 2.75) is 104 Å². The van der Waals surface area contributed by atoms with Crippen LogP contribution in [0.3, 0.4) is 0 Å². The summed E-state index contributed by atoms with van der Waals surface area (Å²) in [5.74, 6) is 2.30. The highest BCUT2D eigenvalue weighted by Gasteiger charge is 2.64. The third kappa shape index (κ3) is 4.71. The Bertz CT molecular complexity index is 986. The summed E-state index contributed by atoms with van der Waals surface area (Å²) in [4.78, 5) is 12.4. The average molecular weight is 555 g/mol. The first-order valence-electron chi connectivity index (χ1n) is 15.2. The lowest BCUT2D eigenvalue weighted by molar-refractivity contribution is -0.203. The van der Waals surface area contributed by atoms with Gasteiger partial charge in [-0.05, 0) is 110 Å². The molecular formula is C29H50N2O6S. The highest BCUT2D eigenvalue weighted by Crippen LogP contribution is 2.69. The minimum Gasteiger partial charge on any atom is -0.449 e. The van der Waals surface area contributed by atoms with Crippen LogP contribution >= 0.6 is 0 Å². The van der Waals surface area contributed by atoms with Crippen molar-refractivity contribution in [3.8, 4) is 0 Å². The molecule has 8 nitrogen and oxygen atoms in total. The van der Waals surface area contributed by atoms with Crippen LogP contribution in [-0.4, -0.2) is 60.9 Å². The Morgan fingerprint density at radius 3 is 2.37 bits per heavy atom. The number of hydrogen-bond donors (Lipinski definition) is 3. The molecule has 218 valence electrons. The van der Waals surface area contributed by atoms with E-state index in [0.29, 0.717) is 36.8 Å². The zero-order chi connectivity index (χ0) is 27.5. The molecule has 0 aromatic carbocycles. The topological polar surface area (TPSA) is 116 Å². The fourth-order valence-corrected chi connectivity index (χ4v) is 11.5. The van der Waals surface area contributed by atoms with E-state index in [1.807, 2.05) is 0 Å². The van der Waals surface area contributed by atoms with E-state index in [4.69, 9.17) is 4.74 Å². The smallest absolute Gasteiger partial charge is 0.421 e. The van der Waals surface area contributed by atoms with Gasteiger partial charge in [0.15, 0.2) is 0 Å². The molecule has 5 aliphatic rings. The van der Waals surface area contributed by atoms with Crippen molar-refractivity contribution in [3.63, 3.8) is 0 Å². The molecular weight excluding hydrogens is 504 g/mol. The maximum Gasteiger partial charge on any atom is 0.421 e. The normalized spacial score (nSPS) is 46.1. The lowest BCUT2D eigenvalue weighted by atomic mass is 9.41. The first-order valence-corrected chi connectivity index (χ1v) is 16.7. The van der Waals surface area contributed by atoms with Gasteiger partial charge < -0.3 is 14.9 Å². The molecule has 1 amide bonds. The quantitative estimate of drug-likeness (QED) is 0.450. The van der Waals surface area contributed by atoms with Gasteiger partial charge in [-0.2, -0.15) is 12.7 Å². The summed E-state index contributed by atoms with van der Waals surface area (Å²) in [5, 5.41) is 22.3. The highest BCUT2D eigenvalue weighted by molar-refractivity contribution is 7.87. The number of rotatable bonds is 6. The summed E-state index contributed by atoms with van der Waals surface area (Å²) < 4.78 is 33.7. The maximum absolute atomic E-state index is 12.4. The molecule has 9 heteroatoms. The van der Waals surface area contributed by atoms with Gasteiger partial charge in [-0.3, -0.25) is 0 Å². The molecule has 5 rings (SSSR count). The largest absolute Gasteiger partial charge is 0.449 e. The van der Waals surface area contributed by atoms with Gasteiger partial charge in [0, 0.05) is 13.1 Å². The van der Waals surface area contributed by atoms with Crippen LogP contribution in [-0.2, 0) is 14.9 Å². The van der Waals surface area contributed by atoms with Crippen LogP contribution in [0.15, 0.2) is 0 Å². The zero-order valence-electron chi connectivity index (χ0n) is 23.8. The molecule has 4 aliphatic carbocycles. The second kappa shape index (κ2) is 10.5. The molecule has 5 fully saturated rings. The molecule has 4 saturated carbocycles. The Hall–Kier alpha value is -0.900. The van der Waals surface area contributed by atoms with E-state index in [1.54, 1.807) is 0 Å². The van der Waals surface area contributed by atoms with E-state index in [2.05, 4.69) is 32.4 Å². The van der Waals surface area contributed by atoms with Crippen LogP contribution in [0, 0.1) is 52.3 Å². The molecule has 1 heterocycles. The SMILES string of the molecule is CC[C@H]1[C@@H](O)C2C3CCC([C@H](C)COC(=O)NS(=O)(=O)N4CCCC4)C3(C)CCC2[C@@]2(C)CC[C@@H](O)C[C@@H]12. The van der Waals surface area contributed by atoms with E-state index in [1.165, 1.54) is 4.31 Å². The Balaban J connectivity index is 1.26. The van der Waals surface area contributed by atoms with Crippen LogP contribution in [0.1, 0.15) is 91.9 Å². The van der Waals surface area contributed by atoms with Gasteiger partial charge in [0.1, 0.15) is 0 Å². The first-order chi connectivity index (χ1) is 17.9. The lowest BCUT2D eigenvalue weighted by Gasteiger charge is -2.64. The van der Waals surface area contributed by atoms with E-state index in [-0.39, 0.29) is 47.4 Å². The number of aliphatic hydroxyl groups excluding tert-OH is 2. The van der Waals surface area contributed by atoms with E-state index in [9.17, 15) is 23.4 Å². The van der Waals surface area contributed by atoms with Crippen molar-refractivity contribution >= 4 is 16.3 Å². The van der Waals surface area contributed by atoms with Gasteiger partial charge in [0.25, 0.3) is 0 Å². The number of carbonyl (C=O) groups excluding carboxylic acids is 1. The third-order valence-corrected chi connectivity index (χ3v) is 13.7. The molecule has 1 saturated heterocycles. The number of carbonyl (C=O) groups is 1. The second-order valence-corrected chi connectivity index (χ2v) is 15.6. The van der Waals surface area contributed by atoms with Crippen molar-refractivity contribution in [2.75, 3.05) is 19.7 Å². The van der Waals surface area contributed by atoms with Crippen molar-refractivity contribution in [2.24, 2.45) is 52.3 Å². The summed E-state index contributed by atoms with van der Waals surface area (Å²) in [6.45, 7) is 10.2. The summed E-state index contributed by atoms with van der Waals surface area (Å²) in [7, 11) is -3.84. The van der Waals surface area contributed by atoms with Crippen LogP contribution in [0.25, 0.3) is 0 Å². The highest BCUT2D eigenvalue weighted by atomic mass is 32.2. The minimum absolute atomic E-state index is 0.0682. The van der Waals surface area contributed by atoms with Crippen molar-refractivity contribution in [1.29, 1.82) is 0 Å². The van der Waals surface area contributed by atoms with Gasteiger partial charge in [-0.1, -0.05) is 34.1 Å². The number of hydrogen-bond acceptors (Lipinski definition) is 6. The maximum atomic E-state index is 12.4. The lowest BCUT2D eigenvalue weighted by Crippen LogP contribution is -2.62. The van der Waals surface area contributed by atoms with E-state index >= 15 is 0 Å². The fraction of sp³-hybridized carbons (Fsp3) is 0.966. The number of fused-ring (bicyclic) bond motifs is 5. The van der Waals surface area contributed by atoms with Crippen LogP contribution in [0.4, 0.5) is 4.79 Å². The second-order valence-electron chi connectivity index (χ2n) is 13.9. The predicted molar refractivity (Wildman–Crippen MR) is 145 cm³/mol. The van der Waals surface area contributed by atoms with Crippen molar-refractivity contribution in [3.05, 3.63) is 0 Å². The Morgan fingerprint density at radius 2 is 1.68 bits per heavy atom. The molecule has 0 radical (unpaired) electrons. The first kappa shape index (κ1) is 28.6. The molecule has 0 bridgehead atoms. The third-order valence-electron chi connectivity index (χ3n) is 12.2. The number of amides is 1. The molecule has 38 heavy (non-hydrogen) atoms. The fourth-order valence-electron chi connectivity index (χ4n) is 10.4. The number of ether oxygens (including phenoxy) is 1. The summed E-state index contributed by atoms with van der Waals surface area (Å²) in [6.07, 6.45) is 8.20. The Morgan fingerprint density at radius 1 is 1.03 bits per heavy atom. The molecule has 3 N–H and O–H groups in total. The monoisotopic (exact) mass is 554 g/mol. The molecule has 5 unspecified atom stereocenters. The summed E-state index contributed by atoms with van der Waals surface area (Å²) in [6, 6.07) is 0. The standard InChI is InChI=1S/C29H50N2O6S/c1-5-20-24-16-19(32)10-12-29(24,4)23-11-13-28(3)21(8-9-22(28)25(23)26(20)33)18(2)17-37-27(34)30-38(35,36)31-14-6-7-15-31/h18-26,32-33H,5-17H2,1-4H3,(H,30,34)/t18-,19-,20-,21?,22?,23?,24+,25?,26-,28?,29-/m1/s1. The van der Waals surface area contributed by atoms with Gasteiger partial charge in [-0.25, -0.2) is 9.52 Å². The van der Waals surface area contributed by atoms with E-state index in [0.717, 1.165) is 64.2 Å². The van der Waals surface area contributed by atoms with Gasteiger partial charge in [0.2, 0.25) is 0 Å². The summed E-state index contributed by atoms with van der Waals surface area (Å²) in [5.41, 5.74) is 0.246. The van der Waals surface area contributed by atoms with Gasteiger partial charge in [0.05, 0.1) is 18.8 Å². The zero-order valence-corrected chi connectivity index (χ0v) is 24.6. The Kier molecular flexibility index (Phi) is 7.90. The Labute approximate surface area is 229 Å².